The van der Waals surface area contributed by atoms with Crippen molar-refractivity contribution >= 4 is 0 Å². The van der Waals surface area contributed by atoms with Gasteiger partial charge in [-0.3, -0.25) is 0 Å². The summed E-state index contributed by atoms with van der Waals surface area (Å²) in [7, 11) is 0. The van der Waals surface area contributed by atoms with E-state index in [1.807, 2.05) is 0 Å². The molecule has 0 bridgehead atoms. The molecule has 0 rings (SSSR count). The van der Waals surface area contributed by atoms with Gasteiger partial charge in [0.1, 0.15) is 0 Å². The topological polar surface area (TPSA) is 26.0 Å². The zero-order valence-corrected chi connectivity index (χ0v) is 4.71. The quantitative estimate of drug-likeness (QED) is 0.429. The van der Waals surface area contributed by atoms with E-state index in [2.05, 4.69) is 6.92 Å². The Hall–Kier alpha value is 0.454. The molecule has 2 N–H and O–H groups in total. The molecule has 0 saturated carbocycles. The van der Waals surface area contributed by atoms with Crippen molar-refractivity contribution in [1.29, 1.82) is 0 Å². The third kappa shape index (κ3) is 8.82. The molecule has 6 heavy (non-hydrogen) atoms. The summed E-state index contributed by atoms with van der Waals surface area (Å²) in [6, 6.07) is 0. The van der Waals surface area contributed by atoms with E-state index in [9.17, 15) is 0 Å². The van der Waals surface area contributed by atoms with Crippen molar-refractivity contribution in [2.45, 2.75) is 12.8 Å². The van der Waals surface area contributed by atoms with Gasteiger partial charge in [-0.25, -0.2) is 0 Å². The second-order valence-corrected chi connectivity index (χ2v) is 0.996. The van der Waals surface area contributed by atoms with Crippen molar-refractivity contribution < 1.29 is 16.5 Å². The first-order valence-electron chi connectivity index (χ1n) is 1.91. The predicted molar refractivity (Wildman–Crippen MR) is 23.6 cm³/mol. The van der Waals surface area contributed by atoms with Gasteiger partial charge in [-0.15, -0.1) is 0 Å². The minimum absolute atomic E-state index is 0. The first kappa shape index (κ1) is 9.68. The van der Waals surface area contributed by atoms with Crippen molar-refractivity contribution in [2.24, 2.45) is 5.73 Å². The van der Waals surface area contributed by atoms with Gasteiger partial charge in [0.2, 0.25) is 0 Å². The largest absolute Gasteiger partial charge is 0.343 e. The van der Waals surface area contributed by atoms with Crippen LogP contribution in [-0.4, -0.2) is 6.54 Å². The van der Waals surface area contributed by atoms with E-state index >= 15 is 0 Å². The molecule has 0 spiro atoms. The monoisotopic (exact) mass is 130 g/mol. The summed E-state index contributed by atoms with van der Waals surface area (Å²) >= 11 is 0. The number of nitrogens with two attached hydrogens (primary N) is 1. The Balaban J connectivity index is 0. The molecular formula is C4H10NNi-. The molecule has 0 atom stereocenters. The molecule has 0 saturated heterocycles. The van der Waals surface area contributed by atoms with Gasteiger partial charge in [0.05, 0.1) is 0 Å². The van der Waals surface area contributed by atoms with E-state index in [4.69, 9.17) is 5.73 Å². The van der Waals surface area contributed by atoms with Crippen molar-refractivity contribution in [2.75, 3.05) is 6.54 Å². The fourth-order valence-electron chi connectivity index (χ4n) is 0.144. The molecule has 0 aromatic heterocycles. The summed E-state index contributed by atoms with van der Waals surface area (Å²) < 4.78 is 0. The fraction of sp³-hybridized carbons (Fsp3) is 0.750. The van der Waals surface area contributed by atoms with Crippen LogP contribution in [0.25, 0.3) is 0 Å². The minimum atomic E-state index is 0. The van der Waals surface area contributed by atoms with Crippen molar-refractivity contribution in [3.8, 4) is 0 Å². The van der Waals surface area contributed by atoms with Crippen LogP contribution in [0.1, 0.15) is 12.8 Å². The minimum Gasteiger partial charge on any atom is -0.343 e. The van der Waals surface area contributed by atoms with Crippen LogP contribution < -0.4 is 5.73 Å². The Morgan fingerprint density at radius 1 is 1.50 bits per heavy atom. The van der Waals surface area contributed by atoms with Gasteiger partial charge in [-0.1, -0.05) is 6.42 Å². The van der Waals surface area contributed by atoms with E-state index in [1.165, 1.54) is 0 Å². The second-order valence-electron chi connectivity index (χ2n) is 0.996. The van der Waals surface area contributed by atoms with Crippen molar-refractivity contribution in [1.82, 2.24) is 0 Å². The maximum Gasteiger partial charge on any atom is 0 e. The van der Waals surface area contributed by atoms with Gasteiger partial charge in [0.15, 0.2) is 0 Å². The summed E-state index contributed by atoms with van der Waals surface area (Å²) in [5.41, 5.74) is 5.10. The Bertz CT molecular complexity index is 15.0. The third-order valence-corrected chi connectivity index (χ3v) is 0.454. The number of hydrogen-bond donors (Lipinski definition) is 1. The maximum atomic E-state index is 5.10. The Kier molecular flexibility index (Phi) is 14.6. The normalized spacial score (nSPS) is 7.00. The van der Waals surface area contributed by atoms with Gasteiger partial charge in [0, 0.05) is 16.5 Å². The molecule has 0 amide bonds. The summed E-state index contributed by atoms with van der Waals surface area (Å²) in [4.78, 5) is 0. The number of unbranched alkanes of at least 4 members (excludes halogenated alkanes) is 1. The summed E-state index contributed by atoms with van der Waals surface area (Å²) in [6.07, 6.45) is 2.02. The van der Waals surface area contributed by atoms with Gasteiger partial charge in [0.25, 0.3) is 0 Å². The zero-order chi connectivity index (χ0) is 4.12. The first-order valence-corrected chi connectivity index (χ1v) is 1.91. The molecule has 1 nitrogen and oxygen atoms in total. The van der Waals surface area contributed by atoms with Gasteiger partial charge >= 0.3 is 0 Å². The summed E-state index contributed by atoms with van der Waals surface area (Å²) in [5.74, 6) is 0. The van der Waals surface area contributed by atoms with Gasteiger partial charge in [-0.2, -0.15) is 6.42 Å². The van der Waals surface area contributed by atoms with E-state index in [1.54, 1.807) is 0 Å². The molecular weight excluding hydrogens is 121 g/mol. The summed E-state index contributed by atoms with van der Waals surface area (Å²) in [5, 5.41) is 0. The van der Waals surface area contributed by atoms with E-state index in [0.717, 1.165) is 19.4 Å². The standard InChI is InChI=1S/C4H10N.Ni/c1-2-3-4-5;/h1-5H2;/q-1;. The van der Waals surface area contributed by atoms with Crippen molar-refractivity contribution in [3.05, 3.63) is 6.92 Å². The first-order chi connectivity index (χ1) is 2.41. The van der Waals surface area contributed by atoms with Gasteiger partial charge in [-0.05, 0) is 6.54 Å². The summed E-state index contributed by atoms with van der Waals surface area (Å²) in [6.45, 7) is 4.38. The van der Waals surface area contributed by atoms with Crippen LogP contribution in [0.5, 0.6) is 0 Å². The molecule has 0 fully saturated rings. The van der Waals surface area contributed by atoms with Crippen molar-refractivity contribution in [3.63, 3.8) is 0 Å². The molecule has 2 heteroatoms. The average molecular weight is 131 g/mol. The average Bonchev–Trinajstić information content (AvgIpc) is 1.41. The number of hydrogen-bond acceptors (Lipinski definition) is 1. The molecule has 0 aliphatic heterocycles. The van der Waals surface area contributed by atoms with Crippen LogP contribution in [0.15, 0.2) is 0 Å². The second kappa shape index (κ2) is 9.07. The Morgan fingerprint density at radius 2 is 2.00 bits per heavy atom. The van der Waals surface area contributed by atoms with Gasteiger partial charge < -0.3 is 12.7 Å². The third-order valence-electron chi connectivity index (χ3n) is 0.454. The van der Waals surface area contributed by atoms with E-state index in [0.29, 0.717) is 0 Å². The number of rotatable bonds is 2. The molecule has 0 heterocycles. The van der Waals surface area contributed by atoms with Crippen LogP contribution in [0.2, 0.25) is 0 Å². The smallest absolute Gasteiger partial charge is 0 e. The fourth-order valence-corrected chi connectivity index (χ4v) is 0.144. The Morgan fingerprint density at radius 3 is 2.00 bits per heavy atom. The van der Waals surface area contributed by atoms with E-state index in [-0.39, 0.29) is 16.5 Å². The van der Waals surface area contributed by atoms with Crippen LogP contribution in [0.3, 0.4) is 0 Å². The molecule has 0 unspecified atom stereocenters. The maximum absolute atomic E-state index is 5.10. The SMILES string of the molecule is [CH2-]CCCN.[Ni]. The Labute approximate surface area is 49.2 Å². The molecule has 0 aromatic carbocycles. The zero-order valence-electron chi connectivity index (χ0n) is 3.72. The molecule has 0 aliphatic rings. The predicted octanol–water partition coefficient (Wildman–Crippen LogP) is 0.557. The van der Waals surface area contributed by atoms with Crippen LogP contribution in [0.4, 0.5) is 0 Å². The van der Waals surface area contributed by atoms with Crippen LogP contribution >= 0.6 is 0 Å². The molecule has 0 radical (unpaired) electrons. The molecule has 42 valence electrons. The molecule has 0 aliphatic carbocycles. The van der Waals surface area contributed by atoms with E-state index < -0.39 is 0 Å². The van der Waals surface area contributed by atoms with Crippen LogP contribution in [0, 0.1) is 6.92 Å². The molecule has 0 aromatic rings. The van der Waals surface area contributed by atoms with Crippen LogP contribution in [-0.2, 0) is 16.5 Å².